The summed E-state index contributed by atoms with van der Waals surface area (Å²) in [5.41, 5.74) is 0. The third-order valence-corrected chi connectivity index (χ3v) is 4.61. The number of halogens is 2. The molecular formula is C9H23Cl2N2O2P. The fourth-order valence-electron chi connectivity index (χ4n) is 1.32. The van der Waals surface area contributed by atoms with Gasteiger partial charge in [0.15, 0.2) is 0 Å². The van der Waals surface area contributed by atoms with Crippen LogP contribution in [0.25, 0.3) is 0 Å². The molecule has 1 N–H and O–H groups in total. The molecule has 1 rings (SSSR count). The minimum absolute atomic E-state index is 0. The van der Waals surface area contributed by atoms with E-state index in [1.54, 1.807) is 4.67 Å². The van der Waals surface area contributed by atoms with Crippen LogP contribution in [0.4, 0.5) is 0 Å². The highest BCUT2D eigenvalue weighted by molar-refractivity contribution is 7.54. The van der Waals surface area contributed by atoms with Crippen molar-refractivity contribution >= 4 is 30.9 Å². The standard InChI is InChI=1S/C7H15Cl2N2O2P.2CH4/c8-2-4-10-14(12)11(6-3-9)5-1-7-13-14;;/h1-7H2,(H,10,12);2*1H4. The van der Waals surface area contributed by atoms with Crippen LogP contribution < -0.4 is 5.09 Å². The molecule has 0 spiro atoms. The van der Waals surface area contributed by atoms with Crippen molar-refractivity contribution < 1.29 is 9.09 Å². The Bertz CT molecular complexity index is 218. The molecule has 0 saturated carbocycles. The van der Waals surface area contributed by atoms with Crippen molar-refractivity contribution in [2.75, 3.05) is 38.0 Å². The van der Waals surface area contributed by atoms with Gasteiger partial charge >= 0.3 is 7.67 Å². The van der Waals surface area contributed by atoms with Crippen molar-refractivity contribution in [2.24, 2.45) is 0 Å². The van der Waals surface area contributed by atoms with Gasteiger partial charge in [0.05, 0.1) is 6.61 Å². The third-order valence-electron chi connectivity index (χ3n) is 1.95. The fourth-order valence-corrected chi connectivity index (χ4v) is 3.86. The lowest BCUT2D eigenvalue weighted by Crippen LogP contribution is -2.36. The molecule has 0 aliphatic carbocycles. The maximum atomic E-state index is 12.2. The number of hydrogen-bond donors (Lipinski definition) is 1. The van der Waals surface area contributed by atoms with Crippen LogP contribution in [0.5, 0.6) is 0 Å². The van der Waals surface area contributed by atoms with Crippen molar-refractivity contribution in [3.63, 3.8) is 0 Å². The van der Waals surface area contributed by atoms with E-state index in [1.807, 2.05) is 0 Å². The summed E-state index contributed by atoms with van der Waals surface area (Å²) >= 11 is 11.1. The second-order valence-electron chi connectivity index (χ2n) is 2.95. The average Bonchev–Trinajstić information content (AvgIpc) is 2.19. The minimum atomic E-state index is -2.84. The van der Waals surface area contributed by atoms with Crippen molar-refractivity contribution in [3.05, 3.63) is 0 Å². The molecule has 0 radical (unpaired) electrons. The second-order valence-corrected chi connectivity index (χ2v) is 5.88. The van der Waals surface area contributed by atoms with Crippen molar-refractivity contribution in [2.45, 2.75) is 21.3 Å². The van der Waals surface area contributed by atoms with Gasteiger partial charge in [0.1, 0.15) is 0 Å². The van der Waals surface area contributed by atoms with Gasteiger partial charge in [-0.3, -0.25) is 4.57 Å². The molecule has 1 saturated heterocycles. The molecule has 1 heterocycles. The molecule has 0 aromatic rings. The summed E-state index contributed by atoms with van der Waals surface area (Å²) < 4.78 is 19.2. The first kappa shape index (κ1) is 19.0. The van der Waals surface area contributed by atoms with E-state index in [4.69, 9.17) is 27.7 Å². The summed E-state index contributed by atoms with van der Waals surface area (Å²) in [4.78, 5) is 0. The van der Waals surface area contributed by atoms with E-state index >= 15 is 0 Å². The van der Waals surface area contributed by atoms with Gasteiger partial charge in [0, 0.05) is 31.4 Å². The fraction of sp³-hybridized carbons (Fsp3) is 1.00. The molecule has 1 atom stereocenters. The van der Waals surface area contributed by atoms with E-state index in [2.05, 4.69) is 5.09 Å². The van der Waals surface area contributed by atoms with Crippen molar-refractivity contribution in [1.82, 2.24) is 9.76 Å². The third kappa shape index (κ3) is 5.35. The van der Waals surface area contributed by atoms with Gasteiger partial charge in [-0.25, -0.2) is 9.76 Å². The van der Waals surface area contributed by atoms with Gasteiger partial charge in [-0.1, -0.05) is 14.9 Å². The number of nitrogens with zero attached hydrogens (tertiary/aromatic N) is 1. The molecular weight excluding hydrogens is 270 g/mol. The monoisotopic (exact) mass is 292 g/mol. The van der Waals surface area contributed by atoms with Crippen LogP contribution in [0.15, 0.2) is 0 Å². The lowest BCUT2D eigenvalue weighted by atomic mass is 10.4. The average molecular weight is 293 g/mol. The summed E-state index contributed by atoms with van der Waals surface area (Å²) in [5.74, 6) is 0.873. The van der Waals surface area contributed by atoms with Crippen LogP contribution in [0.3, 0.4) is 0 Å². The minimum Gasteiger partial charge on any atom is -0.306 e. The van der Waals surface area contributed by atoms with Crippen LogP contribution in [0.2, 0.25) is 0 Å². The Morgan fingerprint density at radius 2 is 2.00 bits per heavy atom. The summed E-state index contributed by atoms with van der Waals surface area (Å²) in [6.07, 6.45) is 0.892. The van der Waals surface area contributed by atoms with E-state index in [1.165, 1.54) is 0 Å². The topological polar surface area (TPSA) is 41.6 Å². The molecule has 7 heteroatoms. The van der Waals surface area contributed by atoms with Crippen LogP contribution in [0.1, 0.15) is 21.3 Å². The van der Waals surface area contributed by atoms with E-state index in [0.29, 0.717) is 31.5 Å². The molecule has 100 valence electrons. The SMILES string of the molecule is C.C.O=P1(NCCCl)OCCCN1CCCl. The summed E-state index contributed by atoms with van der Waals surface area (Å²) in [7, 11) is -2.84. The van der Waals surface area contributed by atoms with E-state index in [9.17, 15) is 4.57 Å². The Kier molecular flexibility index (Phi) is 11.5. The highest BCUT2D eigenvalue weighted by atomic mass is 35.5. The zero-order valence-electron chi connectivity index (χ0n) is 7.92. The second kappa shape index (κ2) is 9.69. The molecule has 4 nitrogen and oxygen atoms in total. The zero-order valence-corrected chi connectivity index (χ0v) is 10.3. The highest BCUT2D eigenvalue weighted by Gasteiger charge is 2.33. The summed E-state index contributed by atoms with van der Waals surface area (Å²) in [6, 6.07) is 0. The van der Waals surface area contributed by atoms with E-state index in [-0.39, 0.29) is 14.9 Å². The lowest BCUT2D eigenvalue weighted by Gasteiger charge is -2.34. The van der Waals surface area contributed by atoms with E-state index in [0.717, 1.165) is 13.0 Å². The number of hydrogen-bond acceptors (Lipinski definition) is 2. The molecule has 0 amide bonds. The quantitative estimate of drug-likeness (QED) is 0.624. The Morgan fingerprint density at radius 3 is 2.56 bits per heavy atom. The molecule has 1 aliphatic rings. The first-order valence-corrected chi connectivity index (χ1v) is 7.24. The normalized spacial score (nSPS) is 25.6. The van der Waals surface area contributed by atoms with Gasteiger partial charge in [-0.15, -0.1) is 23.2 Å². The van der Waals surface area contributed by atoms with Gasteiger partial charge in [0.25, 0.3) is 0 Å². The summed E-state index contributed by atoms with van der Waals surface area (Å²) in [5, 5.41) is 2.85. The number of rotatable bonds is 5. The Balaban J connectivity index is 0. The van der Waals surface area contributed by atoms with Gasteiger partial charge in [-0.05, 0) is 6.42 Å². The van der Waals surface area contributed by atoms with Crippen molar-refractivity contribution in [1.29, 1.82) is 0 Å². The Labute approximate surface area is 109 Å². The summed E-state index contributed by atoms with van der Waals surface area (Å²) in [6.45, 7) is 2.36. The first-order valence-electron chi connectivity index (χ1n) is 4.60. The molecule has 0 aromatic carbocycles. The molecule has 0 bridgehead atoms. The molecule has 1 aliphatic heterocycles. The molecule has 1 unspecified atom stereocenters. The van der Waals surface area contributed by atoms with Crippen LogP contribution in [-0.4, -0.2) is 42.7 Å². The van der Waals surface area contributed by atoms with Crippen molar-refractivity contribution in [3.8, 4) is 0 Å². The van der Waals surface area contributed by atoms with Gasteiger partial charge in [-0.2, -0.15) is 0 Å². The lowest BCUT2D eigenvalue weighted by molar-refractivity contribution is 0.203. The smallest absolute Gasteiger partial charge is 0.306 e. The molecule has 16 heavy (non-hydrogen) atoms. The largest absolute Gasteiger partial charge is 0.343 e. The Morgan fingerprint density at radius 1 is 1.31 bits per heavy atom. The maximum absolute atomic E-state index is 12.2. The van der Waals surface area contributed by atoms with Crippen LogP contribution >= 0.6 is 30.9 Å². The predicted octanol–water partition coefficient (Wildman–Crippen LogP) is 3.16. The number of alkyl halides is 2. The Hall–Kier alpha value is 0.690. The van der Waals surface area contributed by atoms with Crippen LogP contribution in [-0.2, 0) is 9.09 Å². The van der Waals surface area contributed by atoms with Gasteiger partial charge < -0.3 is 4.52 Å². The van der Waals surface area contributed by atoms with Gasteiger partial charge in [0.2, 0.25) is 0 Å². The first-order chi connectivity index (χ1) is 6.73. The highest BCUT2D eigenvalue weighted by Crippen LogP contribution is 2.48. The van der Waals surface area contributed by atoms with E-state index < -0.39 is 7.67 Å². The predicted molar refractivity (Wildman–Crippen MR) is 72.7 cm³/mol. The molecule has 0 aromatic heterocycles. The maximum Gasteiger partial charge on any atom is 0.343 e. The number of nitrogens with one attached hydrogen (secondary N) is 1. The molecule has 1 fully saturated rings. The zero-order chi connectivity index (χ0) is 10.4. The van der Waals surface area contributed by atoms with Crippen LogP contribution in [0, 0.1) is 0 Å².